The molecule has 9 heteroatoms. The summed E-state index contributed by atoms with van der Waals surface area (Å²) >= 11 is 0. The smallest absolute Gasteiger partial charge is 0.389 e. The SMILES string of the molecule is CN=C(NCCCCC(F)(F)F)NCC(c1ccccc1OC)N1CCCC1.I. The summed E-state index contributed by atoms with van der Waals surface area (Å²) in [5.41, 5.74) is 1.13. The van der Waals surface area contributed by atoms with Crippen molar-refractivity contribution >= 4 is 29.9 Å². The Hall–Kier alpha value is -1.23. The Morgan fingerprint density at radius 1 is 1.17 bits per heavy atom. The van der Waals surface area contributed by atoms with Gasteiger partial charge in [0, 0.05) is 32.1 Å². The molecule has 2 N–H and O–H groups in total. The van der Waals surface area contributed by atoms with E-state index in [9.17, 15) is 13.2 Å². The maximum atomic E-state index is 12.2. The summed E-state index contributed by atoms with van der Waals surface area (Å²) in [6.45, 7) is 3.17. The molecule has 1 fully saturated rings. The number of alkyl halides is 3. The summed E-state index contributed by atoms with van der Waals surface area (Å²) in [6.07, 6.45) is -1.91. The number of hydrogen-bond acceptors (Lipinski definition) is 3. The fourth-order valence-corrected chi connectivity index (χ4v) is 3.50. The van der Waals surface area contributed by atoms with Crippen molar-refractivity contribution in [2.75, 3.05) is 40.3 Å². The van der Waals surface area contributed by atoms with Crippen LogP contribution in [0.1, 0.15) is 43.7 Å². The highest BCUT2D eigenvalue weighted by Crippen LogP contribution is 2.31. The molecule has 1 atom stereocenters. The maximum absolute atomic E-state index is 12.2. The third kappa shape index (κ3) is 8.98. The Morgan fingerprint density at radius 2 is 1.86 bits per heavy atom. The molecule has 166 valence electrons. The van der Waals surface area contributed by atoms with Crippen LogP contribution in [0.4, 0.5) is 13.2 Å². The van der Waals surface area contributed by atoms with Crippen LogP contribution in [-0.4, -0.2) is 57.4 Å². The zero-order chi connectivity index (χ0) is 20.4. The number of unbranched alkanes of at least 4 members (excludes halogenated alkanes) is 1. The monoisotopic (exact) mass is 528 g/mol. The van der Waals surface area contributed by atoms with Crippen molar-refractivity contribution in [2.24, 2.45) is 4.99 Å². The van der Waals surface area contributed by atoms with Crippen LogP contribution in [0, 0.1) is 0 Å². The molecule has 1 aromatic carbocycles. The van der Waals surface area contributed by atoms with Crippen molar-refractivity contribution in [1.29, 1.82) is 0 Å². The highest BCUT2D eigenvalue weighted by molar-refractivity contribution is 14.0. The molecule has 0 bridgehead atoms. The van der Waals surface area contributed by atoms with Gasteiger partial charge in [0.15, 0.2) is 5.96 Å². The van der Waals surface area contributed by atoms with Crippen LogP contribution in [0.2, 0.25) is 0 Å². The van der Waals surface area contributed by atoms with Crippen molar-refractivity contribution < 1.29 is 17.9 Å². The van der Waals surface area contributed by atoms with Crippen molar-refractivity contribution in [3.05, 3.63) is 29.8 Å². The van der Waals surface area contributed by atoms with Gasteiger partial charge in [-0.15, -0.1) is 24.0 Å². The molecule has 1 saturated heterocycles. The van der Waals surface area contributed by atoms with E-state index in [-0.39, 0.29) is 36.4 Å². The van der Waals surface area contributed by atoms with Crippen molar-refractivity contribution in [2.45, 2.75) is 44.3 Å². The number of methoxy groups -OCH3 is 1. The molecule has 1 aliphatic heterocycles. The molecule has 1 heterocycles. The molecular weight excluding hydrogens is 496 g/mol. The van der Waals surface area contributed by atoms with E-state index in [0.29, 0.717) is 25.5 Å². The third-order valence-electron chi connectivity index (χ3n) is 4.95. The predicted octanol–water partition coefficient (Wildman–Crippen LogP) is 4.35. The molecule has 0 amide bonds. The van der Waals surface area contributed by atoms with Gasteiger partial charge in [-0.3, -0.25) is 9.89 Å². The molecule has 5 nitrogen and oxygen atoms in total. The number of likely N-dealkylation sites (tertiary alicyclic amines) is 1. The lowest BCUT2D eigenvalue weighted by Crippen LogP contribution is -2.43. The number of para-hydroxylation sites is 1. The molecule has 0 aromatic heterocycles. The van der Waals surface area contributed by atoms with Crippen LogP contribution in [0.5, 0.6) is 5.75 Å². The van der Waals surface area contributed by atoms with E-state index in [4.69, 9.17) is 4.74 Å². The quantitative estimate of drug-likeness (QED) is 0.217. The number of nitrogens with one attached hydrogen (secondary N) is 2. The van der Waals surface area contributed by atoms with Crippen molar-refractivity contribution in [3.8, 4) is 5.75 Å². The van der Waals surface area contributed by atoms with Gasteiger partial charge in [-0.05, 0) is 44.8 Å². The van der Waals surface area contributed by atoms with Gasteiger partial charge >= 0.3 is 6.18 Å². The number of rotatable bonds is 9. The highest BCUT2D eigenvalue weighted by Gasteiger charge is 2.27. The lowest BCUT2D eigenvalue weighted by Gasteiger charge is -2.30. The van der Waals surface area contributed by atoms with Gasteiger partial charge in [0.2, 0.25) is 0 Å². The summed E-state index contributed by atoms with van der Waals surface area (Å²) < 4.78 is 42.2. The summed E-state index contributed by atoms with van der Waals surface area (Å²) in [4.78, 5) is 6.62. The number of halogens is 4. The van der Waals surface area contributed by atoms with E-state index in [1.807, 2.05) is 18.2 Å². The van der Waals surface area contributed by atoms with Gasteiger partial charge in [0.25, 0.3) is 0 Å². The first-order chi connectivity index (χ1) is 13.4. The van der Waals surface area contributed by atoms with Crippen LogP contribution in [0.3, 0.4) is 0 Å². The largest absolute Gasteiger partial charge is 0.496 e. The van der Waals surface area contributed by atoms with Crippen LogP contribution in [-0.2, 0) is 0 Å². The van der Waals surface area contributed by atoms with E-state index >= 15 is 0 Å². The maximum Gasteiger partial charge on any atom is 0.389 e. The molecular formula is C20H32F3IN4O. The summed E-state index contributed by atoms with van der Waals surface area (Å²) in [7, 11) is 3.34. The molecule has 29 heavy (non-hydrogen) atoms. The second-order valence-corrected chi connectivity index (χ2v) is 6.95. The molecule has 2 rings (SSSR count). The second kappa shape index (κ2) is 13.1. The lowest BCUT2D eigenvalue weighted by molar-refractivity contribution is -0.135. The normalized spacial score (nSPS) is 16.2. The van der Waals surface area contributed by atoms with Gasteiger partial charge in [0.05, 0.1) is 13.2 Å². The number of aliphatic imine (C=N–C) groups is 1. The number of ether oxygens (including phenoxy) is 1. The molecule has 0 radical (unpaired) electrons. The summed E-state index contributed by atoms with van der Waals surface area (Å²) in [5.74, 6) is 1.46. The molecule has 0 aliphatic carbocycles. The van der Waals surface area contributed by atoms with Gasteiger partial charge in [0.1, 0.15) is 5.75 Å². The molecule has 0 saturated carbocycles. The van der Waals surface area contributed by atoms with Crippen LogP contribution < -0.4 is 15.4 Å². The first-order valence-corrected chi connectivity index (χ1v) is 9.83. The number of hydrogen-bond donors (Lipinski definition) is 2. The standard InChI is InChI=1S/C20H31F3N4O.HI/c1-24-19(25-12-6-5-11-20(21,22)23)26-15-17(27-13-7-8-14-27)16-9-3-4-10-18(16)28-2;/h3-4,9-10,17H,5-8,11-15H2,1-2H3,(H2,24,25,26);1H. The second-order valence-electron chi connectivity index (χ2n) is 6.95. The van der Waals surface area contributed by atoms with Gasteiger partial charge < -0.3 is 15.4 Å². The fourth-order valence-electron chi connectivity index (χ4n) is 3.50. The zero-order valence-electron chi connectivity index (χ0n) is 17.1. The molecule has 1 unspecified atom stereocenters. The van der Waals surface area contributed by atoms with Crippen LogP contribution in [0.15, 0.2) is 29.3 Å². The minimum atomic E-state index is -4.09. The van der Waals surface area contributed by atoms with Crippen molar-refractivity contribution in [1.82, 2.24) is 15.5 Å². The van der Waals surface area contributed by atoms with E-state index in [2.05, 4.69) is 26.6 Å². The molecule has 1 aromatic rings. The molecule has 1 aliphatic rings. The summed E-state index contributed by atoms with van der Waals surface area (Å²) in [6, 6.07) is 8.15. The van der Waals surface area contributed by atoms with E-state index in [1.165, 1.54) is 12.8 Å². The Labute approximate surface area is 188 Å². The Morgan fingerprint density at radius 3 is 2.48 bits per heavy atom. The first kappa shape index (κ1) is 25.8. The minimum absolute atomic E-state index is 0. The third-order valence-corrected chi connectivity index (χ3v) is 4.95. The van der Waals surface area contributed by atoms with Crippen LogP contribution >= 0.6 is 24.0 Å². The zero-order valence-corrected chi connectivity index (χ0v) is 19.4. The lowest BCUT2D eigenvalue weighted by atomic mass is 10.0. The van der Waals surface area contributed by atoms with Gasteiger partial charge in [-0.1, -0.05) is 18.2 Å². The Kier molecular flexibility index (Phi) is 11.7. The Balaban J connectivity index is 0.00000420. The molecule has 0 spiro atoms. The van der Waals surface area contributed by atoms with Crippen molar-refractivity contribution in [3.63, 3.8) is 0 Å². The average Bonchev–Trinajstić information content (AvgIpc) is 3.20. The van der Waals surface area contributed by atoms with Gasteiger partial charge in [-0.25, -0.2) is 0 Å². The topological polar surface area (TPSA) is 48.9 Å². The highest BCUT2D eigenvalue weighted by atomic mass is 127. The van der Waals surface area contributed by atoms with Gasteiger partial charge in [-0.2, -0.15) is 13.2 Å². The van der Waals surface area contributed by atoms with E-state index in [0.717, 1.165) is 24.4 Å². The predicted molar refractivity (Wildman–Crippen MR) is 121 cm³/mol. The summed E-state index contributed by atoms with van der Waals surface area (Å²) in [5, 5.41) is 6.43. The van der Waals surface area contributed by atoms with E-state index in [1.54, 1.807) is 14.2 Å². The number of guanidine groups is 1. The average molecular weight is 528 g/mol. The van der Waals surface area contributed by atoms with E-state index < -0.39 is 12.6 Å². The number of nitrogens with zero attached hydrogens (tertiary/aromatic N) is 2. The fraction of sp³-hybridized carbons (Fsp3) is 0.650. The Bertz CT molecular complexity index is 622. The minimum Gasteiger partial charge on any atom is -0.496 e. The number of benzene rings is 1. The van der Waals surface area contributed by atoms with Crippen LogP contribution in [0.25, 0.3) is 0 Å². The first-order valence-electron chi connectivity index (χ1n) is 9.83.